The van der Waals surface area contributed by atoms with Crippen LogP contribution in [0.2, 0.25) is 0 Å². The van der Waals surface area contributed by atoms with Crippen molar-refractivity contribution in [3.63, 3.8) is 0 Å². The summed E-state index contributed by atoms with van der Waals surface area (Å²) in [5.74, 6) is 1.41. The van der Waals surface area contributed by atoms with E-state index in [0.29, 0.717) is 11.5 Å². The number of benzene rings is 2. The molecule has 0 amide bonds. The van der Waals surface area contributed by atoms with Crippen molar-refractivity contribution in [2.24, 2.45) is 0 Å². The number of hydrogen-bond donors (Lipinski definition) is 2. The molecule has 0 saturated heterocycles. The molecule has 7 heteroatoms. The number of anilines is 2. The monoisotopic (exact) mass is 399 g/mol. The van der Waals surface area contributed by atoms with Crippen molar-refractivity contribution in [2.75, 3.05) is 12.4 Å². The first-order valence-corrected chi connectivity index (χ1v) is 9.95. The van der Waals surface area contributed by atoms with Crippen LogP contribution >= 0.6 is 11.3 Å². The van der Waals surface area contributed by atoms with E-state index in [2.05, 4.69) is 43.7 Å². The number of ether oxygens (including phenoxy) is 1. The van der Waals surface area contributed by atoms with Gasteiger partial charge < -0.3 is 10.1 Å². The summed E-state index contributed by atoms with van der Waals surface area (Å²) < 4.78 is 5.58. The highest BCUT2D eigenvalue weighted by Crippen LogP contribution is 2.37. The number of H-pyrrole nitrogens is 1. The number of hydrogen-bond acceptors (Lipinski definition) is 6. The molecule has 0 saturated carbocycles. The highest BCUT2D eigenvalue weighted by atomic mass is 32.1. The van der Waals surface area contributed by atoms with E-state index in [0.717, 1.165) is 38.5 Å². The van der Waals surface area contributed by atoms with Crippen LogP contribution in [0.25, 0.3) is 32.7 Å². The van der Waals surface area contributed by atoms with Gasteiger partial charge in [0.1, 0.15) is 17.9 Å². The molecule has 0 radical (unpaired) electrons. The van der Waals surface area contributed by atoms with Crippen LogP contribution in [0.3, 0.4) is 0 Å². The van der Waals surface area contributed by atoms with Crippen LogP contribution in [0.15, 0.2) is 72.4 Å². The van der Waals surface area contributed by atoms with Gasteiger partial charge in [0.05, 0.1) is 28.8 Å². The van der Waals surface area contributed by atoms with Crippen molar-refractivity contribution >= 4 is 33.9 Å². The normalized spacial score (nSPS) is 10.9. The molecule has 2 aromatic carbocycles. The molecular weight excluding hydrogens is 382 g/mol. The van der Waals surface area contributed by atoms with Crippen molar-refractivity contribution in [1.82, 2.24) is 20.2 Å². The molecule has 5 aromatic rings. The molecule has 0 aliphatic heterocycles. The Labute approximate surface area is 171 Å². The molecule has 6 nitrogen and oxygen atoms in total. The van der Waals surface area contributed by atoms with Crippen LogP contribution in [0.5, 0.6) is 5.75 Å². The van der Waals surface area contributed by atoms with Crippen LogP contribution in [0, 0.1) is 0 Å². The Morgan fingerprint density at radius 3 is 2.66 bits per heavy atom. The quantitative estimate of drug-likeness (QED) is 0.408. The van der Waals surface area contributed by atoms with Crippen molar-refractivity contribution < 1.29 is 4.74 Å². The molecule has 2 N–H and O–H groups in total. The molecule has 0 bridgehead atoms. The Hall–Kier alpha value is -3.71. The van der Waals surface area contributed by atoms with Gasteiger partial charge in [-0.25, -0.2) is 9.97 Å². The molecule has 0 spiro atoms. The first-order valence-electron chi connectivity index (χ1n) is 9.07. The molecule has 0 aliphatic carbocycles. The van der Waals surface area contributed by atoms with Gasteiger partial charge in [0, 0.05) is 0 Å². The van der Waals surface area contributed by atoms with E-state index < -0.39 is 0 Å². The fraction of sp³-hybridized carbons (Fsp3) is 0.0455. The van der Waals surface area contributed by atoms with Gasteiger partial charge >= 0.3 is 0 Å². The summed E-state index contributed by atoms with van der Waals surface area (Å²) in [7, 11) is 1.66. The first-order chi connectivity index (χ1) is 14.3. The van der Waals surface area contributed by atoms with Crippen LogP contribution < -0.4 is 10.1 Å². The summed E-state index contributed by atoms with van der Waals surface area (Å²) in [6.45, 7) is 0. The third-order valence-electron chi connectivity index (χ3n) is 4.68. The van der Waals surface area contributed by atoms with E-state index in [1.807, 2.05) is 47.8 Å². The number of aromatic amines is 1. The zero-order valence-corrected chi connectivity index (χ0v) is 16.4. The summed E-state index contributed by atoms with van der Waals surface area (Å²) in [6.07, 6.45) is 1.51. The first kappa shape index (κ1) is 17.4. The smallest absolute Gasteiger partial charge is 0.186 e. The maximum absolute atomic E-state index is 5.58. The number of methoxy groups -OCH3 is 1. The fourth-order valence-corrected chi connectivity index (χ4v) is 4.02. The average molecular weight is 399 g/mol. The zero-order valence-electron chi connectivity index (χ0n) is 15.6. The minimum absolute atomic E-state index is 0.615. The maximum Gasteiger partial charge on any atom is 0.186 e. The van der Waals surface area contributed by atoms with Gasteiger partial charge in [-0.05, 0) is 34.7 Å². The molecular formula is C22H17N5OS. The van der Waals surface area contributed by atoms with E-state index in [1.54, 1.807) is 18.4 Å². The number of nitrogens with one attached hydrogen (secondary N) is 2. The Bertz CT molecular complexity index is 1270. The second-order valence-electron chi connectivity index (χ2n) is 6.40. The number of fused-ring (bicyclic) bond motifs is 1. The number of aromatic nitrogens is 4. The number of rotatable bonds is 5. The Morgan fingerprint density at radius 2 is 1.86 bits per heavy atom. The lowest BCUT2D eigenvalue weighted by Gasteiger charge is -2.13. The predicted octanol–water partition coefficient (Wildman–Crippen LogP) is 5.50. The summed E-state index contributed by atoms with van der Waals surface area (Å²) in [5, 5.41) is 13.8. The summed E-state index contributed by atoms with van der Waals surface area (Å²) >= 11 is 1.64. The Morgan fingerprint density at radius 1 is 0.966 bits per heavy atom. The minimum Gasteiger partial charge on any atom is -0.495 e. The average Bonchev–Trinajstić information content (AvgIpc) is 3.44. The molecule has 29 heavy (non-hydrogen) atoms. The maximum atomic E-state index is 5.58. The molecule has 0 unspecified atom stereocenters. The van der Waals surface area contributed by atoms with Crippen LogP contribution in [-0.4, -0.2) is 27.3 Å². The van der Waals surface area contributed by atoms with E-state index in [-0.39, 0.29) is 0 Å². The van der Waals surface area contributed by atoms with E-state index in [1.165, 1.54) is 6.33 Å². The van der Waals surface area contributed by atoms with Crippen LogP contribution in [-0.2, 0) is 0 Å². The number of nitrogens with zero attached hydrogens (tertiary/aromatic N) is 3. The van der Waals surface area contributed by atoms with Gasteiger partial charge in [-0.15, -0.1) is 11.3 Å². The number of thiophene rings is 1. The molecule has 3 aromatic heterocycles. The summed E-state index contributed by atoms with van der Waals surface area (Å²) in [6, 6.07) is 20.4. The third-order valence-corrected chi connectivity index (χ3v) is 5.57. The highest BCUT2D eigenvalue weighted by molar-refractivity contribution is 7.13. The zero-order chi connectivity index (χ0) is 19.6. The molecule has 0 atom stereocenters. The summed E-state index contributed by atoms with van der Waals surface area (Å²) in [5.41, 5.74) is 4.56. The largest absolute Gasteiger partial charge is 0.495 e. The van der Waals surface area contributed by atoms with Crippen LogP contribution in [0.4, 0.5) is 11.5 Å². The van der Waals surface area contributed by atoms with Gasteiger partial charge in [-0.2, -0.15) is 5.10 Å². The van der Waals surface area contributed by atoms with Crippen molar-refractivity contribution in [1.29, 1.82) is 0 Å². The molecule has 3 heterocycles. The molecule has 0 aliphatic rings. The topological polar surface area (TPSA) is 75.7 Å². The summed E-state index contributed by atoms with van der Waals surface area (Å²) in [4.78, 5) is 9.87. The highest BCUT2D eigenvalue weighted by Gasteiger charge is 2.16. The Kier molecular flexibility index (Phi) is 4.42. The van der Waals surface area contributed by atoms with Crippen molar-refractivity contribution in [3.8, 4) is 27.4 Å². The van der Waals surface area contributed by atoms with Crippen molar-refractivity contribution in [3.05, 3.63) is 72.4 Å². The van der Waals surface area contributed by atoms with E-state index in [4.69, 9.17) is 4.74 Å². The van der Waals surface area contributed by atoms with Gasteiger partial charge in [0.15, 0.2) is 5.65 Å². The predicted molar refractivity (Wildman–Crippen MR) is 117 cm³/mol. The third kappa shape index (κ3) is 3.21. The van der Waals surface area contributed by atoms with E-state index in [9.17, 15) is 0 Å². The Balaban J connectivity index is 1.62. The van der Waals surface area contributed by atoms with Gasteiger partial charge in [-0.3, -0.25) is 5.10 Å². The molecule has 0 fully saturated rings. The lowest BCUT2D eigenvalue weighted by Crippen LogP contribution is -1.99. The lowest BCUT2D eigenvalue weighted by atomic mass is 10.0. The van der Waals surface area contributed by atoms with Gasteiger partial charge in [0.25, 0.3) is 0 Å². The second kappa shape index (κ2) is 7.37. The minimum atomic E-state index is 0.615. The fourth-order valence-electron chi connectivity index (χ4n) is 3.29. The van der Waals surface area contributed by atoms with Crippen molar-refractivity contribution in [2.45, 2.75) is 0 Å². The van der Waals surface area contributed by atoms with Crippen LogP contribution in [0.1, 0.15) is 0 Å². The standard InChI is InChI=1S/C22H17N5OS/c1-28-17-10-9-15(14-6-3-2-4-7-14)12-16(17)25-21-19-20(18-8-5-11-29-18)26-27-22(19)24-13-23-21/h2-13H,1H3,(H2,23,24,25,26,27). The molecule has 142 valence electrons. The SMILES string of the molecule is COc1ccc(-c2ccccc2)cc1Nc1ncnc2n[nH]c(-c3cccs3)c12. The van der Waals surface area contributed by atoms with Gasteiger partial charge in [-0.1, -0.05) is 42.5 Å². The van der Waals surface area contributed by atoms with E-state index >= 15 is 0 Å². The second-order valence-corrected chi connectivity index (χ2v) is 7.35. The molecule has 5 rings (SSSR count). The van der Waals surface area contributed by atoms with Gasteiger partial charge in [0.2, 0.25) is 0 Å². The lowest BCUT2D eigenvalue weighted by molar-refractivity contribution is 0.417.